The van der Waals surface area contributed by atoms with E-state index in [-0.39, 0.29) is 16.4 Å². The van der Waals surface area contributed by atoms with Gasteiger partial charge in [0.15, 0.2) is 5.82 Å². The lowest BCUT2D eigenvalue weighted by Crippen LogP contribution is -2.13. The summed E-state index contributed by atoms with van der Waals surface area (Å²) in [6.45, 7) is 0. The number of carboxylic acids is 1. The van der Waals surface area contributed by atoms with Gasteiger partial charge in [0.1, 0.15) is 5.69 Å². The Balaban J connectivity index is 2.25. The number of aromatic nitrogens is 2. The number of hydrogen-bond acceptors (Lipinski definition) is 4. The van der Waals surface area contributed by atoms with Crippen molar-refractivity contribution < 1.29 is 18.3 Å². The molecule has 0 fully saturated rings. The van der Waals surface area contributed by atoms with Crippen LogP contribution in [0.4, 0.5) is 5.82 Å². The third kappa shape index (κ3) is 3.12. The number of carbonyl (C=O) groups is 1. The van der Waals surface area contributed by atoms with Gasteiger partial charge in [-0.05, 0) is 24.3 Å². The number of nitrogens with zero attached hydrogens (tertiary/aromatic N) is 1. The first-order chi connectivity index (χ1) is 8.88. The van der Waals surface area contributed by atoms with Gasteiger partial charge in [-0.1, -0.05) is 15.9 Å². The van der Waals surface area contributed by atoms with Gasteiger partial charge in [0.2, 0.25) is 0 Å². The van der Waals surface area contributed by atoms with E-state index in [0.717, 1.165) is 10.5 Å². The quantitative estimate of drug-likeness (QED) is 0.780. The summed E-state index contributed by atoms with van der Waals surface area (Å²) in [4.78, 5) is 10.7. The number of sulfonamides is 1. The highest BCUT2D eigenvalue weighted by molar-refractivity contribution is 9.10. The Morgan fingerprint density at radius 3 is 2.47 bits per heavy atom. The minimum absolute atomic E-state index is 0.0515. The van der Waals surface area contributed by atoms with Crippen molar-refractivity contribution in [3.8, 4) is 0 Å². The Hall–Kier alpha value is -1.87. The SMILES string of the molecule is O=C(O)c1cc(NS(=O)(=O)c2ccc(Br)cc2)n[nH]1. The largest absolute Gasteiger partial charge is 0.477 e. The molecule has 0 spiro atoms. The summed E-state index contributed by atoms with van der Waals surface area (Å²) >= 11 is 3.20. The summed E-state index contributed by atoms with van der Waals surface area (Å²) in [7, 11) is -3.79. The molecule has 2 aromatic rings. The molecule has 0 aliphatic rings. The first-order valence-corrected chi connectivity index (χ1v) is 7.23. The Morgan fingerprint density at radius 1 is 1.32 bits per heavy atom. The molecular formula is C10H8BrN3O4S. The van der Waals surface area contributed by atoms with Crippen molar-refractivity contribution in [3.63, 3.8) is 0 Å². The highest BCUT2D eigenvalue weighted by atomic mass is 79.9. The van der Waals surface area contributed by atoms with E-state index in [2.05, 4.69) is 30.8 Å². The van der Waals surface area contributed by atoms with E-state index in [1.54, 1.807) is 12.1 Å². The molecule has 1 aromatic heterocycles. The van der Waals surface area contributed by atoms with Crippen LogP contribution in [-0.2, 0) is 10.0 Å². The van der Waals surface area contributed by atoms with Crippen LogP contribution in [0.25, 0.3) is 0 Å². The highest BCUT2D eigenvalue weighted by Gasteiger charge is 2.16. The zero-order chi connectivity index (χ0) is 14.0. The molecule has 0 radical (unpaired) electrons. The van der Waals surface area contributed by atoms with Crippen molar-refractivity contribution in [3.05, 3.63) is 40.5 Å². The molecular weight excluding hydrogens is 338 g/mol. The zero-order valence-corrected chi connectivity index (χ0v) is 11.7. The van der Waals surface area contributed by atoms with Crippen LogP contribution in [0, 0.1) is 0 Å². The molecule has 0 bridgehead atoms. The monoisotopic (exact) mass is 345 g/mol. The van der Waals surface area contributed by atoms with Crippen molar-refractivity contribution in [1.82, 2.24) is 10.2 Å². The smallest absolute Gasteiger partial charge is 0.353 e. The lowest BCUT2D eigenvalue weighted by atomic mass is 10.4. The van der Waals surface area contributed by atoms with Crippen LogP contribution in [0.15, 0.2) is 39.7 Å². The molecule has 100 valence electrons. The van der Waals surface area contributed by atoms with Crippen molar-refractivity contribution >= 4 is 37.7 Å². The molecule has 7 nitrogen and oxygen atoms in total. The molecule has 1 heterocycles. The molecule has 2 rings (SSSR count). The number of halogens is 1. The highest BCUT2D eigenvalue weighted by Crippen LogP contribution is 2.17. The van der Waals surface area contributed by atoms with Crippen LogP contribution >= 0.6 is 15.9 Å². The number of anilines is 1. The van der Waals surface area contributed by atoms with E-state index >= 15 is 0 Å². The number of aromatic amines is 1. The molecule has 1 aromatic carbocycles. The number of rotatable bonds is 4. The van der Waals surface area contributed by atoms with Gasteiger partial charge in [0, 0.05) is 10.5 Å². The Kier molecular flexibility index (Phi) is 3.58. The molecule has 0 unspecified atom stereocenters. The number of carboxylic acid groups (broad SMARTS) is 1. The zero-order valence-electron chi connectivity index (χ0n) is 9.29. The molecule has 0 saturated heterocycles. The van der Waals surface area contributed by atoms with Crippen LogP contribution in [0.2, 0.25) is 0 Å². The van der Waals surface area contributed by atoms with Gasteiger partial charge < -0.3 is 5.11 Å². The fourth-order valence-electron chi connectivity index (χ4n) is 1.29. The van der Waals surface area contributed by atoms with Crippen LogP contribution < -0.4 is 4.72 Å². The van der Waals surface area contributed by atoms with Crippen molar-refractivity contribution in [2.45, 2.75) is 4.90 Å². The Labute approximate surface area is 116 Å². The summed E-state index contributed by atoms with van der Waals surface area (Å²) in [5, 5.41) is 14.5. The van der Waals surface area contributed by atoms with Crippen molar-refractivity contribution in [1.29, 1.82) is 0 Å². The standard InChI is InChI=1S/C10H8BrN3O4S/c11-6-1-3-7(4-2-6)19(17,18)14-9-5-8(10(15)16)12-13-9/h1-5H,(H,15,16)(H2,12,13,14). The minimum atomic E-state index is -3.79. The van der Waals surface area contributed by atoms with Gasteiger partial charge in [-0.15, -0.1) is 0 Å². The number of aromatic carboxylic acids is 1. The third-order valence-corrected chi connectivity index (χ3v) is 4.07. The number of nitrogens with one attached hydrogen (secondary N) is 2. The van der Waals surface area contributed by atoms with E-state index in [1.807, 2.05) is 0 Å². The first kappa shape index (κ1) is 13.6. The summed E-state index contributed by atoms with van der Waals surface area (Å²) in [6, 6.07) is 7.09. The first-order valence-electron chi connectivity index (χ1n) is 4.95. The maximum atomic E-state index is 12.0. The van der Waals surface area contributed by atoms with E-state index in [0.29, 0.717) is 0 Å². The van der Waals surface area contributed by atoms with Gasteiger partial charge in [-0.2, -0.15) is 5.10 Å². The summed E-state index contributed by atoms with van der Waals surface area (Å²) in [5.41, 5.74) is -0.200. The molecule has 0 atom stereocenters. The third-order valence-electron chi connectivity index (χ3n) is 2.17. The van der Waals surface area contributed by atoms with Gasteiger partial charge in [0.05, 0.1) is 4.90 Å². The van der Waals surface area contributed by atoms with Gasteiger partial charge in [-0.3, -0.25) is 9.82 Å². The molecule has 0 aliphatic carbocycles. The van der Waals surface area contributed by atoms with Gasteiger partial charge >= 0.3 is 5.97 Å². The topological polar surface area (TPSA) is 112 Å². The fourth-order valence-corrected chi connectivity index (χ4v) is 2.55. The predicted molar refractivity (Wildman–Crippen MR) is 70.5 cm³/mol. The predicted octanol–water partition coefficient (Wildman–Crippen LogP) is 1.67. The number of H-pyrrole nitrogens is 1. The molecule has 0 saturated carbocycles. The maximum absolute atomic E-state index is 12.0. The van der Waals surface area contributed by atoms with E-state index in [1.165, 1.54) is 12.1 Å². The number of benzene rings is 1. The molecule has 0 amide bonds. The lowest BCUT2D eigenvalue weighted by Gasteiger charge is -2.04. The number of hydrogen-bond donors (Lipinski definition) is 3. The Morgan fingerprint density at radius 2 is 1.95 bits per heavy atom. The average molecular weight is 346 g/mol. The van der Waals surface area contributed by atoms with Crippen LogP contribution in [0.1, 0.15) is 10.5 Å². The molecule has 9 heteroatoms. The van der Waals surface area contributed by atoms with E-state index in [9.17, 15) is 13.2 Å². The van der Waals surface area contributed by atoms with Crippen molar-refractivity contribution in [2.75, 3.05) is 4.72 Å². The molecule has 0 aliphatic heterocycles. The molecule has 19 heavy (non-hydrogen) atoms. The maximum Gasteiger partial charge on any atom is 0.353 e. The van der Waals surface area contributed by atoms with Crippen molar-refractivity contribution in [2.24, 2.45) is 0 Å². The fraction of sp³-hybridized carbons (Fsp3) is 0. The van der Waals surface area contributed by atoms with E-state index in [4.69, 9.17) is 5.11 Å². The van der Waals surface area contributed by atoms with Gasteiger partial charge in [0.25, 0.3) is 10.0 Å². The normalized spacial score (nSPS) is 11.2. The second-order valence-electron chi connectivity index (χ2n) is 3.53. The van der Waals surface area contributed by atoms with Crippen LogP contribution in [0.5, 0.6) is 0 Å². The van der Waals surface area contributed by atoms with E-state index < -0.39 is 16.0 Å². The van der Waals surface area contributed by atoms with Gasteiger partial charge in [-0.25, -0.2) is 13.2 Å². The molecule has 3 N–H and O–H groups in total. The Bertz CT molecular complexity index is 709. The second-order valence-corrected chi connectivity index (χ2v) is 6.13. The summed E-state index contributed by atoms with van der Waals surface area (Å²) < 4.78 is 26.9. The van der Waals surface area contributed by atoms with Crippen LogP contribution in [0.3, 0.4) is 0 Å². The minimum Gasteiger partial charge on any atom is -0.477 e. The second kappa shape index (κ2) is 5.02. The average Bonchev–Trinajstić information content (AvgIpc) is 2.77. The summed E-state index contributed by atoms with van der Waals surface area (Å²) in [6.07, 6.45) is 0. The lowest BCUT2D eigenvalue weighted by molar-refractivity contribution is 0.0690. The summed E-state index contributed by atoms with van der Waals surface area (Å²) in [5.74, 6) is -1.30. The van der Waals surface area contributed by atoms with Crippen LogP contribution in [-0.4, -0.2) is 29.7 Å².